The molecule has 1 aromatic heterocycles. The van der Waals surface area contributed by atoms with Gasteiger partial charge < -0.3 is 15.2 Å². The highest BCUT2D eigenvalue weighted by Gasteiger charge is 2.22. The van der Waals surface area contributed by atoms with Crippen molar-refractivity contribution in [1.29, 1.82) is 0 Å². The fourth-order valence-corrected chi connectivity index (χ4v) is 5.39. The largest absolute Gasteiger partial charge is 0.354 e. The van der Waals surface area contributed by atoms with Gasteiger partial charge in [0, 0.05) is 34.7 Å². The van der Waals surface area contributed by atoms with Crippen molar-refractivity contribution in [3.05, 3.63) is 89.5 Å². The van der Waals surface area contributed by atoms with Gasteiger partial charge in [0.05, 0.1) is 0 Å². The zero-order valence-corrected chi connectivity index (χ0v) is 21.7. The molecule has 0 saturated carbocycles. The van der Waals surface area contributed by atoms with Crippen LogP contribution in [-0.2, 0) is 11.2 Å². The summed E-state index contributed by atoms with van der Waals surface area (Å²) in [6, 6.07) is 25.9. The van der Waals surface area contributed by atoms with Crippen molar-refractivity contribution in [3.8, 4) is 11.3 Å². The van der Waals surface area contributed by atoms with Crippen molar-refractivity contribution >= 4 is 22.5 Å². The molecule has 4 nitrogen and oxygen atoms in total. The van der Waals surface area contributed by atoms with Crippen LogP contribution >= 0.6 is 0 Å². The summed E-state index contributed by atoms with van der Waals surface area (Å²) in [6.45, 7) is 9.30. The highest BCUT2D eigenvalue weighted by molar-refractivity contribution is 5.92. The van der Waals surface area contributed by atoms with E-state index in [1.807, 2.05) is 19.9 Å². The number of rotatable bonds is 7. The molecule has 2 N–H and O–H groups in total. The monoisotopic (exact) mass is 479 g/mol. The van der Waals surface area contributed by atoms with Crippen molar-refractivity contribution in [3.63, 3.8) is 0 Å². The van der Waals surface area contributed by atoms with Gasteiger partial charge >= 0.3 is 0 Å². The van der Waals surface area contributed by atoms with Crippen LogP contribution in [0.4, 0.5) is 5.69 Å². The zero-order valence-electron chi connectivity index (χ0n) is 21.7. The first-order valence-electron chi connectivity index (χ1n) is 13.3. The lowest BCUT2D eigenvalue weighted by Crippen LogP contribution is -2.34. The van der Waals surface area contributed by atoms with Crippen molar-refractivity contribution in [1.82, 2.24) is 9.88 Å². The van der Waals surface area contributed by atoms with Crippen molar-refractivity contribution in [2.45, 2.75) is 46.0 Å². The quantitative estimate of drug-likeness (QED) is 0.295. The predicted molar refractivity (Wildman–Crippen MR) is 151 cm³/mol. The summed E-state index contributed by atoms with van der Waals surface area (Å²) in [5, 5.41) is 4.40. The number of H-pyrrole nitrogens is 1. The third kappa shape index (κ3) is 5.39. The van der Waals surface area contributed by atoms with Gasteiger partial charge in [-0.3, -0.25) is 4.79 Å². The van der Waals surface area contributed by atoms with Gasteiger partial charge in [0.15, 0.2) is 0 Å². The minimum atomic E-state index is -0.0136. The van der Waals surface area contributed by atoms with Crippen LogP contribution in [0.5, 0.6) is 0 Å². The summed E-state index contributed by atoms with van der Waals surface area (Å²) in [5.74, 6) is 0.609. The minimum Gasteiger partial charge on any atom is -0.354 e. The number of piperidine rings is 1. The van der Waals surface area contributed by atoms with E-state index in [1.54, 1.807) is 0 Å². The normalized spacial score (nSPS) is 15.0. The third-order valence-electron chi connectivity index (χ3n) is 7.54. The first kappa shape index (κ1) is 24.3. The number of carbonyl (C=O) groups is 1. The van der Waals surface area contributed by atoms with Gasteiger partial charge in [-0.1, -0.05) is 67.9 Å². The van der Waals surface area contributed by atoms with Gasteiger partial charge in [0.2, 0.25) is 5.91 Å². The van der Waals surface area contributed by atoms with E-state index in [9.17, 15) is 4.79 Å². The Kier molecular flexibility index (Phi) is 7.24. The van der Waals surface area contributed by atoms with Crippen LogP contribution < -0.4 is 5.32 Å². The van der Waals surface area contributed by atoms with E-state index in [-0.39, 0.29) is 11.8 Å². The van der Waals surface area contributed by atoms with E-state index < -0.39 is 0 Å². The Balaban J connectivity index is 1.25. The number of amides is 1. The lowest BCUT2D eigenvalue weighted by atomic mass is 9.89. The average molecular weight is 480 g/mol. The first-order valence-corrected chi connectivity index (χ1v) is 13.3. The van der Waals surface area contributed by atoms with E-state index in [0.717, 1.165) is 44.6 Å². The first-order chi connectivity index (χ1) is 17.5. The van der Waals surface area contributed by atoms with Crippen LogP contribution in [0, 0.1) is 12.8 Å². The fourth-order valence-electron chi connectivity index (χ4n) is 5.39. The van der Waals surface area contributed by atoms with Crippen molar-refractivity contribution in [2.24, 2.45) is 5.92 Å². The number of aromatic amines is 1. The molecule has 1 amide bonds. The molecule has 0 spiro atoms. The number of fused-ring (bicyclic) bond motifs is 1. The highest BCUT2D eigenvalue weighted by Crippen LogP contribution is 2.33. The van der Waals surface area contributed by atoms with E-state index in [0.29, 0.717) is 5.92 Å². The maximum absolute atomic E-state index is 12.1. The Bertz CT molecular complexity index is 1330. The van der Waals surface area contributed by atoms with Crippen LogP contribution in [0.2, 0.25) is 0 Å². The molecule has 4 aromatic rings. The summed E-state index contributed by atoms with van der Waals surface area (Å²) in [5.41, 5.74) is 8.71. The molecule has 1 aliphatic heterocycles. The SMILES string of the molecule is Cc1ccc2[nH]c(-c3ccccc3)c(CCN3CCC(c4cccc(NC(=O)C(C)C)c4)CC3)c2c1. The van der Waals surface area contributed by atoms with Crippen molar-refractivity contribution < 1.29 is 4.79 Å². The van der Waals surface area contributed by atoms with Gasteiger partial charge in [0.25, 0.3) is 0 Å². The molecule has 3 aromatic carbocycles. The second kappa shape index (κ2) is 10.7. The molecule has 36 heavy (non-hydrogen) atoms. The Morgan fingerprint density at radius 2 is 1.78 bits per heavy atom. The van der Waals surface area contributed by atoms with Gasteiger partial charge in [-0.2, -0.15) is 0 Å². The number of nitrogens with one attached hydrogen (secondary N) is 2. The summed E-state index contributed by atoms with van der Waals surface area (Å²) >= 11 is 0. The number of likely N-dealkylation sites (tertiary alicyclic amines) is 1. The molecule has 5 rings (SSSR count). The van der Waals surface area contributed by atoms with Crippen molar-refractivity contribution in [2.75, 3.05) is 25.0 Å². The molecule has 1 fully saturated rings. The van der Waals surface area contributed by atoms with Crippen LogP contribution in [0.15, 0.2) is 72.8 Å². The number of hydrogen-bond acceptors (Lipinski definition) is 2. The second-order valence-electron chi connectivity index (χ2n) is 10.5. The van der Waals surface area contributed by atoms with Gasteiger partial charge in [-0.15, -0.1) is 0 Å². The summed E-state index contributed by atoms with van der Waals surface area (Å²) in [7, 11) is 0. The van der Waals surface area contributed by atoms with Gasteiger partial charge in [0.1, 0.15) is 0 Å². The lowest BCUT2D eigenvalue weighted by molar-refractivity contribution is -0.118. The molecule has 0 unspecified atom stereocenters. The Morgan fingerprint density at radius 3 is 2.53 bits per heavy atom. The molecular formula is C32H37N3O. The fraction of sp³-hybridized carbons (Fsp3) is 0.344. The molecule has 1 aliphatic rings. The Morgan fingerprint density at radius 1 is 1.00 bits per heavy atom. The zero-order chi connectivity index (χ0) is 25.1. The standard InChI is InChI=1S/C32H37N3O/c1-22(2)32(36)33-27-11-7-10-26(21-27)24-14-17-35(18-15-24)19-16-28-29-20-23(3)12-13-30(29)34-31(28)25-8-5-4-6-9-25/h4-13,20-22,24,34H,14-19H2,1-3H3,(H,33,36). The molecule has 2 heterocycles. The second-order valence-corrected chi connectivity index (χ2v) is 10.5. The Labute approximate surface area is 214 Å². The Hall–Kier alpha value is -3.37. The van der Waals surface area contributed by atoms with Gasteiger partial charge in [-0.25, -0.2) is 0 Å². The number of benzene rings is 3. The third-order valence-corrected chi connectivity index (χ3v) is 7.54. The van der Waals surface area contributed by atoms with Crippen LogP contribution in [0.25, 0.3) is 22.2 Å². The number of anilines is 1. The molecule has 0 aliphatic carbocycles. The maximum atomic E-state index is 12.1. The van der Waals surface area contributed by atoms with E-state index >= 15 is 0 Å². The number of aryl methyl sites for hydroxylation is 1. The van der Waals surface area contributed by atoms with E-state index in [4.69, 9.17) is 0 Å². The number of nitrogens with zero attached hydrogens (tertiary/aromatic N) is 1. The molecule has 186 valence electrons. The molecule has 0 atom stereocenters. The summed E-state index contributed by atoms with van der Waals surface area (Å²) in [6.07, 6.45) is 3.34. The average Bonchev–Trinajstić information content (AvgIpc) is 3.26. The van der Waals surface area contributed by atoms with Crippen LogP contribution in [-0.4, -0.2) is 35.4 Å². The minimum absolute atomic E-state index is 0.0136. The van der Waals surface area contributed by atoms with Gasteiger partial charge in [-0.05, 0) is 86.1 Å². The lowest BCUT2D eigenvalue weighted by Gasteiger charge is -2.32. The molecule has 0 radical (unpaired) electrons. The van der Waals surface area contributed by atoms with E-state index in [1.165, 1.54) is 38.9 Å². The number of hydrogen-bond donors (Lipinski definition) is 2. The van der Waals surface area contributed by atoms with Crippen LogP contribution in [0.1, 0.15) is 49.3 Å². The van der Waals surface area contributed by atoms with Crippen LogP contribution in [0.3, 0.4) is 0 Å². The summed E-state index contributed by atoms with van der Waals surface area (Å²) < 4.78 is 0. The van der Waals surface area contributed by atoms with E-state index in [2.05, 4.69) is 88.9 Å². The molecular weight excluding hydrogens is 442 g/mol. The summed E-state index contributed by atoms with van der Waals surface area (Å²) in [4.78, 5) is 18.4. The highest BCUT2D eigenvalue weighted by atomic mass is 16.1. The smallest absolute Gasteiger partial charge is 0.226 e. The molecule has 1 saturated heterocycles. The predicted octanol–water partition coefficient (Wildman–Crippen LogP) is 7.16. The molecule has 0 bridgehead atoms. The maximum Gasteiger partial charge on any atom is 0.226 e. The topological polar surface area (TPSA) is 48.1 Å². The number of aromatic nitrogens is 1. The molecule has 4 heteroatoms. The number of carbonyl (C=O) groups excluding carboxylic acids is 1.